The first-order valence-corrected chi connectivity index (χ1v) is 7.59. The number of benzene rings is 1. The van der Waals surface area contributed by atoms with Crippen molar-refractivity contribution in [2.45, 2.75) is 38.9 Å². The van der Waals surface area contributed by atoms with Gasteiger partial charge in [0.05, 0.1) is 12.2 Å². The van der Waals surface area contributed by atoms with Crippen LogP contribution in [0.3, 0.4) is 0 Å². The van der Waals surface area contributed by atoms with Gasteiger partial charge in [0.2, 0.25) is 0 Å². The fourth-order valence-corrected chi connectivity index (χ4v) is 2.57. The molecule has 3 heteroatoms. The molecule has 0 bridgehead atoms. The molecule has 0 N–H and O–H groups in total. The Bertz CT molecular complexity index is 311. The van der Waals surface area contributed by atoms with Crippen LogP contribution in [0.2, 0.25) is 0 Å². The van der Waals surface area contributed by atoms with Crippen LogP contribution < -0.4 is 0 Å². The third-order valence-corrected chi connectivity index (χ3v) is 3.71. The molecule has 0 radical (unpaired) electrons. The Morgan fingerprint density at radius 2 is 1.94 bits per heavy atom. The number of alkyl halides is 1. The Balaban J connectivity index is 2.74. The summed E-state index contributed by atoms with van der Waals surface area (Å²) >= 11 is 7.01. The molecule has 16 heavy (non-hydrogen) atoms. The highest BCUT2D eigenvalue weighted by molar-refractivity contribution is 9.10. The normalized spacial score (nSPS) is 13.1. The van der Waals surface area contributed by atoms with Crippen molar-refractivity contribution in [1.29, 1.82) is 0 Å². The molecule has 1 nitrogen and oxygen atoms in total. The molecule has 0 heterocycles. The fraction of sp³-hybridized carbons (Fsp3) is 0.538. The van der Waals surface area contributed by atoms with Gasteiger partial charge in [0, 0.05) is 9.80 Å². The van der Waals surface area contributed by atoms with Gasteiger partial charge in [-0.3, -0.25) is 0 Å². The summed E-state index contributed by atoms with van der Waals surface area (Å²) in [5.74, 6) is 0. The van der Waals surface area contributed by atoms with E-state index in [0.717, 1.165) is 22.6 Å². The van der Waals surface area contributed by atoms with Gasteiger partial charge >= 0.3 is 0 Å². The SMILES string of the molecule is CCC(CC)OC(CBr)c1cccc(Br)c1. The zero-order valence-electron chi connectivity index (χ0n) is 9.75. The van der Waals surface area contributed by atoms with E-state index in [4.69, 9.17) is 4.74 Å². The Morgan fingerprint density at radius 3 is 2.44 bits per heavy atom. The van der Waals surface area contributed by atoms with Crippen LogP contribution in [0.4, 0.5) is 0 Å². The molecule has 0 aliphatic carbocycles. The van der Waals surface area contributed by atoms with Gasteiger partial charge in [0.1, 0.15) is 0 Å². The maximum Gasteiger partial charge on any atom is 0.0925 e. The van der Waals surface area contributed by atoms with Crippen molar-refractivity contribution in [1.82, 2.24) is 0 Å². The molecule has 0 aromatic heterocycles. The summed E-state index contributed by atoms with van der Waals surface area (Å²) in [6.07, 6.45) is 2.62. The molecule has 0 aliphatic rings. The third kappa shape index (κ3) is 4.19. The van der Waals surface area contributed by atoms with E-state index in [0.29, 0.717) is 6.10 Å². The number of halogens is 2. The maximum absolute atomic E-state index is 6.07. The lowest BCUT2D eigenvalue weighted by molar-refractivity contribution is -0.00395. The van der Waals surface area contributed by atoms with Crippen molar-refractivity contribution in [3.63, 3.8) is 0 Å². The second kappa shape index (κ2) is 7.46. The molecule has 1 aromatic rings. The van der Waals surface area contributed by atoms with E-state index in [1.165, 1.54) is 5.56 Å². The van der Waals surface area contributed by atoms with Crippen LogP contribution in [0.15, 0.2) is 28.7 Å². The lowest BCUT2D eigenvalue weighted by atomic mass is 10.1. The predicted octanol–water partition coefficient (Wildman–Crippen LogP) is 5.09. The molecule has 0 spiro atoms. The van der Waals surface area contributed by atoms with Gasteiger partial charge in [-0.15, -0.1) is 0 Å². The lowest BCUT2D eigenvalue weighted by Gasteiger charge is -2.22. The number of ether oxygens (including phenoxy) is 1. The van der Waals surface area contributed by atoms with E-state index in [1.807, 2.05) is 12.1 Å². The molecule has 1 unspecified atom stereocenters. The summed E-state index contributed by atoms with van der Waals surface area (Å²) in [5.41, 5.74) is 1.22. The number of hydrogen-bond acceptors (Lipinski definition) is 1. The van der Waals surface area contributed by atoms with Gasteiger partial charge in [-0.25, -0.2) is 0 Å². The Morgan fingerprint density at radius 1 is 1.25 bits per heavy atom. The van der Waals surface area contributed by atoms with Crippen LogP contribution in [0, 0.1) is 0 Å². The summed E-state index contributed by atoms with van der Waals surface area (Å²) in [6.45, 7) is 4.33. The van der Waals surface area contributed by atoms with Crippen molar-refractivity contribution in [2.75, 3.05) is 5.33 Å². The summed E-state index contributed by atoms with van der Waals surface area (Å²) in [4.78, 5) is 0. The first-order valence-electron chi connectivity index (χ1n) is 5.68. The van der Waals surface area contributed by atoms with Crippen LogP contribution in [0.25, 0.3) is 0 Å². The van der Waals surface area contributed by atoms with Crippen molar-refractivity contribution in [3.8, 4) is 0 Å². The minimum absolute atomic E-state index is 0.141. The van der Waals surface area contributed by atoms with Gasteiger partial charge in [0.15, 0.2) is 0 Å². The van der Waals surface area contributed by atoms with E-state index < -0.39 is 0 Å². The van der Waals surface area contributed by atoms with Gasteiger partial charge in [-0.1, -0.05) is 57.8 Å². The quantitative estimate of drug-likeness (QED) is 0.650. The van der Waals surface area contributed by atoms with E-state index >= 15 is 0 Å². The third-order valence-electron chi connectivity index (χ3n) is 2.63. The fourth-order valence-electron chi connectivity index (χ4n) is 1.62. The zero-order chi connectivity index (χ0) is 12.0. The molecule has 1 rings (SSSR count). The smallest absolute Gasteiger partial charge is 0.0925 e. The first-order chi connectivity index (χ1) is 7.71. The van der Waals surface area contributed by atoms with Crippen LogP contribution in [0.1, 0.15) is 38.4 Å². The minimum Gasteiger partial charge on any atom is -0.369 e. The second-order valence-corrected chi connectivity index (χ2v) is 5.34. The highest BCUT2D eigenvalue weighted by Gasteiger charge is 2.15. The summed E-state index contributed by atoms with van der Waals surface area (Å²) in [7, 11) is 0. The van der Waals surface area contributed by atoms with Crippen LogP contribution in [-0.4, -0.2) is 11.4 Å². The molecule has 0 aliphatic heterocycles. The van der Waals surface area contributed by atoms with Gasteiger partial charge in [-0.2, -0.15) is 0 Å². The summed E-state index contributed by atoms with van der Waals surface area (Å²) in [5, 5.41) is 0.833. The van der Waals surface area contributed by atoms with Crippen molar-refractivity contribution in [2.24, 2.45) is 0 Å². The van der Waals surface area contributed by atoms with E-state index in [1.54, 1.807) is 0 Å². The molecular formula is C13H18Br2O. The number of rotatable bonds is 6. The molecule has 0 fully saturated rings. The molecule has 90 valence electrons. The van der Waals surface area contributed by atoms with Crippen molar-refractivity contribution in [3.05, 3.63) is 34.3 Å². The highest BCUT2D eigenvalue weighted by Crippen LogP contribution is 2.25. The predicted molar refractivity (Wildman–Crippen MR) is 76.1 cm³/mol. The van der Waals surface area contributed by atoms with Gasteiger partial charge in [-0.05, 0) is 30.5 Å². The highest BCUT2D eigenvalue weighted by atomic mass is 79.9. The van der Waals surface area contributed by atoms with Gasteiger partial charge in [0.25, 0.3) is 0 Å². The molecular weight excluding hydrogens is 332 g/mol. The molecule has 1 atom stereocenters. The average molecular weight is 350 g/mol. The maximum atomic E-state index is 6.07. The average Bonchev–Trinajstić information content (AvgIpc) is 2.31. The summed E-state index contributed by atoms with van der Waals surface area (Å²) in [6, 6.07) is 8.31. The van der Waals surface area contributed by atoms with E-state index in [9.17, 15) is 0 Å². The summed E-state index contributed by atoms with van der Waals surface area (Å²) < 4.78 is 7.17. The molecule has 1 aromatic carbocycles. The topological polar surface area (TPSA) is 9.23 Å². The monoisotopic (exact) mass is 348 g/mol. The molecule has 0 amide bonds. The Labute approximate surface area is 115 Å². The minimum atomic E-state index is 0.141. The van der Waals surface area contributed by atoms with Gasteiger partial charge < -0.3 is 4.74 Å². The van der Waals surface area contributed by atoms with E-state index in [-0.39, 0.29) is 6.10 Å². The first kappa shape index (κ1) is 14.2. The molecule has 0 saturated heterocycles. The number of hydrogen-bond donors (Lipinski definition) is 0. The second-order valence-electron chi connectivity index (χ2n) is 3.77. The van der Waals surface area contributed by atoms with Crippen molar-refractivity contribution >= 4 is 31.9 Å². The largest absolute Gasteiger partial charge is 0.369 e. The standard InChI is InChI=1S/C13H18Br2O/c1-3-12(4-2)16-13(9-14)10-6-5-7-11(15)8-10/h5-8,12-13H,3-4,9H2,1-2H3. The van der Waals surface area contributed by atoms with Crippen molar-refractivity contribution < 1.29 is 4.74 Å². The zero-order valence-corrected chi connectivity index (χ0v) is 12.9. The molecule has 0 saturated carbocycles. The van der Waals surface area contributed by atoms with Crippen LogP contribution in [-0.2, 0) is 4.74 Å². The lowest BCUT2D eigenvalue weighted by Crippen LogP contribution is -2.16. The van der Waals surface area contributed by atoms with Crippen LogP contribution in [0.5, 0.6) is 0 Å². The van der Waals surface area contributed by atoms with Crippen LogP contribution >= 0.6 is 31.9 Å². The Hall–Kier alpha value is 0.140. The Kier molecular flexibility index (Phi) is 6.62. The van der Waals surface area contributed by atoms with E-state index in [2.05, 4.69) is 57.8 Å².